The Morgan fingerprint density at radius 1 is 1.33 bits per heavy atom. The number of alkyl carbamates (subject to hydrolysis) is 1. The van der Waals surface area contributed by atoms with Gasteiger partial charge in [-0.3, -0.25) is 0 Å². The number of rotatable bonds is 3. The van der Waals surface area contributed by atoms with Crippen LogP contribution < -0.4 is 11.1 Å². The molecule has 2 aliphatic rings. The molecule has 18 heavy (non-hydrogen) atoms. The molecule has 0 saturated heterocycles. The average molecular weight is 246 g/mol. The molecule has 4 nitrogen and oxygen atoms in total. The number of nitrogens with two attached hydrogens (primary N) is 1. The van der Waals surface area contributed by atoms with E-state index in [9.17, 15) is 4.79 Å². The lowest BCUT2D eigenvalue weighted by Gasteiger charge is -2.33. The van der Waals surface area contributed by atoms with Gasteiger partial charge in [0, 0.05) is 12.1 Å². The van der Waals surface area contributed by atoms with E-state index < -0.39 is 0 Å². The summed E-state index contributed by atoms with van der Waals surface area (Å²) in [6.45, 7) is 0.325. The highest BCUT2D eigenvalue weighted by atomic mass is 16.5. The van der Waals surface area contributed by atoms with Crippen LogP contribution in [0.1, 0.15) is 24.8 Å². The van der Waals surface area contributed by atoms with Gasteiger partial charge in [0.1, 0.15) is 6.61 Å². The van der Waals surface area contributed by atoms with Crippen molar-refractivity contribution in [3.05, 3.63) is 35.9 Å². The van der Waals surface area contributed by atoms with Gasteiger partial charge in [-0.15, -0.1) is 0 Å². The molecule has 4 heteroatoms. The third-order valence-electron chi connectivity index (χ3n) is 4.03. The van der Waals surface area contributed by atoms with Crippen LogP contribution >= 0.6 is 0 Å². The van der Waals surface area contributed by atoms with Crippen LogP contribution in [-0.4, -0.2) is 18.2 Å². The summed E-state index contributed by atoms with van der Waals surface area (Å²) in [7, 11) is 0. The second-order valence-corrected chi connectivity index (χ2v) is 5.49. The van der Waals surface area contributed by atoms with Gasteiger partial charge in [-0.1, -0.05) is 30.3 Å². The minimum atomic E-state index is -0.318. The topological polar surface area (TPSA) is 64.3 Å². The third kappa shape index (κ3) is 2.20. The number of hydrogen-bond donors (Lipinski definition) is 2. The van der Waals surface area contributed by atoms with Crippen molar-refractivity contribution in [3.8, 4) is 0 Å². The number of carbonyl (C=O) groups is 1. The zero-order valence-electron chi connectivity index (χ0n) is 10.3. The highest BCUT2D eigenvalue weighted by molar-refractivity contribution is 5.68. The molecule has 1 aromatic carbocycles. The summed E-state index contributed by atoms with van der Waals surface area (Å²) >= 11 is 0. The van der Waals surface area contributed by atoms with E-state index in [1.54, 1.807) is 0 Å². The fourth-order valence-electron chi connectivity index (χ4n) is 2.89. The van der Waals surface area contributed by atoms with Crippen molar-refractivity contribution >= 4 is 6.09 Å². The predicted octanol–water partition coefficient (Wildman–Crippen LogP) is 1.79. The van der Waals surface area contributed by atoms with Crippen LogP contribution in [0.5, 0.6) is 0 Å². The first-order chi connectivity index (χ1) is 8.68. The van der Waals surface area contributed by atoms with Gasteiger partial charge in [0.15, 0.2) is 0 Å². The summed E-state index contributed by atoms with van der Waals surface area (Å²) in [5, 5.41) is 2.92. The largest absolute Gasteiger partial charge is 0.445 e. The van der Waals surface area contributed by atoms with Crippen LogP contribution in [0, 0.1) is 5.41 Å². The molecule has 3 N–H and O–H groups in total. The average Bonchev–Trinajstić information content (AvgIpc) is 3.01. The molecule has 0 bridgehead atoms. The second kappa shape index (κ2) is 4.28. The molecule has 2 aliphatic carbocycles. The maximum absolute atomic E-state index is 11.6. The molecular formula is C14H18N2O2. The van der Waals surface area contributed by atoms with Crippen molar-refractivity contribution in [1.29, 1.82) is 0 Å². The van der Waals surface area contributed by atoms with Crippen LogP contribution in [0.15, 0.2) is 30.3 Å². The van der Waals surface area contributed by atoms with Gasteiger partial charge in [0.2, 0.25) is 0 Å². The number of ether oxygens (including phenoxy) is 1. The van der Waals surface area contributed by atoms with Crippen LogP contribution in [0.2, 0.25) is 0 Å². The first kappa shape index (κ1) is 11.5. The van der Waals surface area contributed by atoms with E-state index in [0.29, 0.717) is 18.1 Å². The molecule has 3 rings (SSSR count). The summed E-state index contributed by atoms with van der Waals surface area (Å²) in [6, 6.07) is 10.3. The van der Waals surface area contributed by atoms with Crippen molar-refractivity contribution in [2.75, 3.05) is 0 Å². The number of carbonyl (C=O) groups excluding carboxylic acids is 1. The zero-order valence-corrected chi connectivity index (χ0v) is 10.3. The number of amides is 1. The molecule has 1 unspecified atom stereocenters. The Morgan fingerprint density at radius 3 is 2.72 bits per heavy atom. The molecule has 0 radical (unpaired) electrons. The first-order valence-corrected chi connectivity index (χ1v) is 6.41. The van der Waals surface area contributed by atoms with E-state index in [2.05, 4.69) is 5.32 Å². The van der Waals surface area contributed by atoms with E-state index in [-0.39, 0.29) is 12.1 Å². The smallest absolute Gasteiger partial charge is 0.407 e. The van der Waals surface area contributed by atoms with Crippen LogP contribution in [0.4, 0.5) is 4.79 Å². The van der Waals surface area contributed by atoms with Gasteiger partial charge in [0.25, 0.3) is 0 Å². The van der Waals surface area contributed by atoms with Crippen molar-refractivity contribution < 1.29 is 9.53 Å². The molecule has 0 aromatic heterocycles. The summed E-state index contributed by atoms with van der Waals surface area (Å²) in [5.74, 6) is 0. The van der Waals surface area contributed by atoms with Crippen LogP contribution in [0.25, 0.3) is 0 Å². The highest BCUT2D eigenvalue weighted by Gasteiger charge is 2.61. The lowest BCUT2D eigenvalue weighted by Crippen LogP contribution is -2.43. The Kier molecular flexibility index (Phi) is 2.74. The summed E-state index contributed by atoms with van der Waals surface area (Å²) in [5.41, 5.74) is 7.09. The third-order valence-corrected chi connectivity index (χ3v) is 4.03. The van der Waals surface area contributed by atoms with Gasteiger partial charge in [-0.05, 0) is 30.2 Å². The quantitative estimate of drug-likeness (QED) is 0.854. The van der Waals surface area contributed by atoms with Gasteiger partial charge >= 0.3 is 6.09 Å². The summed E-state index contributed by atoms with van der Waals surface area (Å²) < 4.78 is 5.19. The Bertz CT molecular complexity index is 440. The molecule has 2 saturated carbocycles. The van der Waals surface area contributed by atoms with Crippen molar-refractivity contribution in [1.82, 2.24) is 5.32 Å². The monoisotopic (exact) mass is 246 g/mol. The van der Waals surface area contributed by atoms with Crippen LogP contribution in [0.3, 0.4) is 0 Å². The molecule has 0 heterocycles. The standard InChI is InChI=1S/C14H18N2O2/c15-11-6-14(7-11)8-12(14)16-13(17)18-9-10-4-2-1-3-5-10/h1-5,11-12H,6-9,15H2,(H,16,17). The molecule has 1 atom stereocenters. The molecule has 1 aromatic rings. The van der Waals surface area contributed by atoms with Gasteiger partial charge in [-0.25, -0.2) is 4.79 Å². The summed E-state index contributed by atoms with van der Waals surface area (Å²) in [6.07, 6.45) is 2.82. The van der Waals surface area contributed by atoms with E-state index in [1.165, 1.54) is 0 Å². The molecule has 1 amide bonds. The van der Waals surface area contributed by atoms with Crippen LogP contribution in [-0.2, 0) is 11.3 Å². The molecule has 0 aliphatic heterocycles. The number of benzene rings is 1. The molecule has 2 fully saturated rings. The van der Waals surface area contributed by atoms with Gasteiger partial charge < -0.3 is 15.8 Å². The minimum absolute atomic E-state index is 0.278. The lowest BCUT2D eigenvalue weighted by molar-refractivity contribution is 0.133. The normalized spacial score (nSPS) is 32.7. The fraction of sp³-hybridized carbons (Fsp3) is 0.500. The zero-order chi connectivity index (χ0) is 12.6. The Morgan fingerprint density at radius 2 is 2.06 bits per heavy atom. The molecular weight excluding hydrogens is 228 g/mol. The lowest BCUT2D eigenvalue weighted by atomic mass is 9.77. The van der Waals surface area contributed by atoms with Gasteiger partial charge in [-0.2, -0.15) is 0 Å². The Balaban J connectivity index is 1.41. The van der Waals surface area contributed by atoms with E-state index in [1.807, 2.05) is 30.3 Å². The maximum atomic E-state index is 11.6. The van der Waals surface area contributed by atoms with Crippen molar-refractivity contribution in [2.24, 2.45) is 11.1 Å². The molecule has 1 spiro atoms. The number of hydrogen-bond acceptors (Lipinski definition) is 3. The minimum Gasteiger partial charge on any atom is -0.445 e. The fourth-order valence-corrected chi connectivity index (χ4v) is 2.89. The predicted molar refractivity (Wildman–Crippen MR) is 67.8 cm³/mol. The van der Waals surface area contributed by atoms with E-state index >= 15 is 0 Å². The maximum Gasteiger partial charge on any atom is 0.407 e. The Labute approximate surface area is 107 Å². The molecule has 96 valence electrons. The van der Waals surface area contributed by atoms with E-state index in [0.717, 1.165) is 24.8 Å². The van der Waals surface area contributed by atoms with E-state index in [4.69, 9.17) is 10.5 Å². The van der Waals surface area contributed by atoms with Gasteiger partial charge in [0.05, 0.1) is 0 Å². The Hall–Kier alpha value is -1.55. The summed E-state index contributed by atoms with van der Waals surface area (Å²) in [4.78, 5) is 11.6. The van der Waals surface area contributed by atoms with Crippen molar-refractivity contribution in [3.63, 3.8) is 0 Å². The second-order valence-electron chi connectivity index (χ2n) is 5.49. The SMILES string of the molecule is NC1CC2(C1)CC2NC(=O)OCc1ccccc1. The highest BCUT2D eigenvalue weighted by Crippen LogP contribution is 2.60. The number of nitrogens with one attached hydrogen (secondary N) is 1. The van der Waals surface area contributed by atoms with Crippen molar-refractivity contribution in [2.45, 2.75) is 38.0 Å². The first-order valence-electron chi connectivity index (χ1n) is 6.41.